The normalized spacial score (nSPS) is 10.3. The third kappa shape index (κ3) is 3.50. The Bertz CT molecular complexity index is 664. The molecule has 20 heavy (non-hydrogen) atoms. The van der Waals surface area contributed by atoms with Crippen molar-refractivity contribution in [3.8, 4) is 11.5 Å². The van der Waals surface area contributed by atoms with Crippen LogP contribution in [0.4, 0.5) is 5.69 Å². The summed E-state index contributed by atoms with van der Waals surface area (Å²) in [6.45, 7) is 0. The summed E-state index contributed by atoms with van der Waals surface area (Å²) in [6, 6.07) is 9.79. The van der Waals surface area contributed by atoms with Crippen molar-refractivity contribution in [2.24, 2.45) is 0 Å². The van der Waals surface area contributed by atoms with E-state index in [9.17, 15) is 10.1 Å². The maximum Gasteiger partial charge on any atom is 0.274 e. The van der Waals surface area contributed by atoms with E-state index in [0.29, 0.717) is 26.3 Å². The van der Waals surface area contributed by atoms with Gasteiger partial charge in [0.1, 0.15) is 11.5 Å². The molecule has 0 aliphatic rings. The molecule has 2 rings (SSSR count). The summed E-state index contributed by atoms with van der Waals surface area (Å²) >= 11 is 12.7. The standard InChI is InChI=1S/C13H8Br2ClNO3/c14-7-8-2-1-3-12(16)13(8)20-11-5-9(15)4-10(6-11)17(18)19/h1-6H,7H2. The van der Waals surface area contributed by atoms with E-state index in [1.165, 1.54) is 12.1 Å². The molecule has 2 aromatic carbocycles. The first kappa shape index (κ1) is 15.3. The fourth-order valence-electron chi connectivity index (χ4n) is 1.60. The fourth-order valence-corrected chi connectivity index (χ4v) is 2.74. The molecule has 7 heteroatoms. The van der Waals surface area contributed by atoms with Crippen molar-refractivity contribution < 1.29 is 9.66 Å². The monoisotopic (exact) mass is 419 g/mol. The minimum Gasteiger partial charge on any atom is -0.455 e. The van der Waals surface area contributed by atoms with Crippen molar-refractivity contribution in [1.29, 1.82) is 0 Å². The number of halogens is 3. The lowest BCUT2D eigenvalue weighted by atomic mass is 10.2. The predicted molar refractivity (Wildman–Crippen MR) is 85.0 cm³/mol. The Morgan fingerprint density at radius 3 is 2.70 bits per heavy atom. The van der Waals surface area contributed by atoms with Gasteiger partial charge >= 0.3 is 0 Å². The number of benzene rings is 2. The average Bonchev–Trinajstić information content (AvgIpc) is 2.40. The van der Waals surface area contributed by atoms with Crippen molar-refractivity contribution in [2.45, 2.75) is 5.33 Å². The molecule has 0 aromatic heterocycles. The minimum absolute atomic E-state index is 0.0539. The molecule has 0 bridgehead atoms. The van der Waals surface area contributed by atoms with Gasteiger partial charge in [-0.25, -0.2) is 0 Å². The van der Waals surface area contributed by atoms with Crippen LogP contribution in [-0.4, -0.2) is 4.92 Å². The summed E-state index contributed by atoms with van der Waals surface area (Å²) in [4.78, 5) is 10.4. The molecule has 0 N–H and O–H groups in total. The molecule has 104 valence electrons. The average molecular weight is 421 g/mol. The molecule has 0 saturated carbocycles. The number of non-ortho nitro benzene ring substituents is 1. The van der Waals surface area contributed by atoms with Gasteiger partial charge in [-0.05, 0) is 12.1 Å². The topological polar surface area (TPSA) is 52.4 Å². The molecule has 2 aromatic rings. The lowest BCUT2D eigenvalue weighted by molar-refractivity contribution is -0.385. The Balaban J connectivity index is 2.42. The van der Waals surface area contributed by atoms with Gasteiger partial charge in [-0.3, -0.25) is 10.1 Å². The summed E-state index contributed by atoms with van der Waals surface area (Å²) in [6.07, 6.45) is 0. The first-order chi connectivity index (χ1) is 9.51. The van der Waals surface area contributed by atoms with Gasteiger partial charge in [0, 0.05) is 21.4 Å². The molecule has 4 nitrogen and oxygen atoms in total. The maximum atomic E-state index is 10.8. The van der Waals surface area contributed by atoms with E-state index in [0.717, 1.165) is 5.56 Å². The molecule has 0 unspecified atom stereocenters. The first-order valence-corrected chi connectivity index (χ1v) is 7.76. The van der Waals surface area contributed by atoms with Crippen LogP contribution in [0.15, 0.2) is 40.9 Å². The molecule has 0 spiro atoms. The van der Waals surface area contributed by atoms with Gasteiger partial charge in [0.15, 0.2) is 0 Å². The van der Waals surface area contributed by atoms with Crippen LogP contribution in [0.5, 0.6) is 11.5 Å². The Morgan fingerprint density at radius 1 is 1.30 bits per heavy atom. The van der Waals surface area contributed by atoms with E-state index in [-0.39, 0.29) is 5.69 Å². The van der Waals surface area contributed by atoms with Gasteiger partial charge in [0.25, 0.3) is 5.69 Å². The zero-order valence-corrected chi connectivity index (χ0v) is 13.9. The van der Waals surface area contributed by atoms with Crippen LogP contribution >= 0.6 is 43.5 Å². The van der Waals surface area contributed by atoms with Crippen LogP contribution in [0, 0.1) is 10.1 Å². The van der Waals surface area contributed by atoms with Crippen LogP contribution in [-0.2, 0) is 5.33 Å². The lowest BCUT2D eigenvalue weighted by Crippen LogP contribution is -1.93. The number of hydrogen-bond acceptors (Lipinski definition) is 3. The van der Waals surface area contributed by atoms with E-state index >= 15 is 0 Å². The molecule has 0 heterocycles. The molecule has 0 aliphatic heterocycles. The van der Waals surface area contributed by atoms with Crippen LogP contribution in [0.2, 0.25) is 5.02 Å². The zero-order valence-electron chi connectivity index (χ0n) is 9.98. The highest BCUT2D eigenvalue weighted by molar-refractivity contribution is 9.10. The Kier molecular flexibility index (Phi) is 5.01. The van der Waals surface area contributed by atoms with Gasteiger partial charge < -0.3 is 4.74 Å². The Hall–Kier alpha value is -1.11. The first-order valence-electron chi connectivity index (χ1n) is 5.47. The highest BCUT2D eigenvalue weighted by atomic mass is 79.9. The van der Waals surface area contributed by atoms with Gasteiger partial charge in [-0.2, -0.15) is 0 Å². The Morgan fingerprint density at radius 2 is 2.05 bits per heavy atom. The van der Waals surface area contributed by atoms with Crippen molar-refractivity contribution in [3.63, 3.8) is 0 Å². The number of nitro groups is 1. The smallest absolute Gasteiger partial charge is 0.274 e. The molecule has 0 atom stereocenters. The third-order valence-corrected chi connectivity index (χ3v) is 3.84. The van der Waals surface area contributed by atoms with Crippen molar-refractivity contribution in [1.82, 2.24) is 0 Å². The van der Waals surface area contributed by atoms with Gasteiger partial charge in [0.2, 0.25) is 0 Å². The van der Waals surface area contributed by atoms with Crippen molar-refractivity contribution >= 4 is 49.1 Å². The number of alkyl halides is 1. The van der Waals surface area contributed by atoms with Gasteiger partial charge in [0.05, 0.1) is 16.0 Å². The summed E-state index contributed by atoms with van der Waals surface area (Å²) in [5.41, 5.74) is 0.807. The molecule has 0 amide bonds. The number of nitro benzene ring substituents is 1. The second-order valence-electron chi connectivity index (χ2n) is 3.87. The zero-order chi connectivity index (χ0) is 14.7. The minimum atomic E-state index is -0.477. The molecular formula is C13H8Br2ClNO3. The van der Waals surface area contributed by atoms with E-state index in [4.69, 9.17) is 16.3 Å². The fraction of sp³-hybridized carbons (Fsp3) is 0.0769. The summed E-state index contributed by atoms with van der Waals surface area (Å²) in [5.74, 6) is 0.833. The number of ether oxygens (including phenoxy) is 1. The van der Waals surface area contributed by atoms with Crippen LogP contribution in [0.1, 0.15) is 5.56 Å². The van der Waals surface area contributed by atoms with E-state index in [1.807, 2.05) is 12.1 Å². The summed E-state index contributed by atoms with van der Waals surface area (Å²) < 4.78 is 6.27. The second-order valence-corrected chi connectivity index (χ2v) is 5.75. The quantitative estimate of drug-likeness (QED) is 0.362. The number of nitrogens with zero attached hydrogens (tertiary/aromatic N) is 1. The Labute approximate surface area is 137 Å². The number of rotatable bonds is 4. The summed E-state index contributed by atoms with van der Waals surface area (Å²) in [7, 11) is 0. The van der Waals surface area contributed by atoms with Crippen molar-refractivity contribution in [2.75, 3.05) is 0 Å². The molecular weight excluding hydrogens is 413 g/mol. The van der Waals surface area contributed by atoms with E-state index in [2.05, 4.69) is 31.9 Å². The molecule has 0 saturated heterocycles. The number of para-hydroxylation sites is 1. The van der Waals surface area contributed by atoms with Crippen LogP contribution < -0.4 is 4.74 Å². The third-order valence-electron chi connectivity index (χ3n) is 2.48. The van der Waals surface area contributed by atoms with Crippen molar-refractivity contribution in [3.05, 3.63) is 61.6 Å². The molecule has 0 aliphatic carbocycles. The van der Waals surface area contributed by atoms with Gasteiger partial charge in [-0.15, -0.1) is 0 Å². The highest BCUT2D eigenvalue weighted by Crippen LogP contribution is 2.36. The lowest BCUT2D eigenvalue weighted by Gasteiger charge is -2.11. The SMILES string of the molecule is O=[N+]([O-])c1cc(Br)cc(Oc2c(Cl)cccc2CBr)c1. The largest absolute Gasteiger partial charge is 0.455 e. The molecule has 0 fully saturated rings. The van der Waals surface area contributed by atoms with Crippen LogP contribution in [0.25, 0.3) is 0 Å². The summed E-state index contributed by atoms with van der Waals surface area (Å²) in [5, 5.41) is 11.9. The highest BCUT2D eigenvalue weighted by Gasteiger charge is 2.13. The predicted octanol–water partition coefficient (Wildman–Crippen LogP) is 5.70. The van der Waals surface area contributed by atoms with Crippen LogP contribution in [0.3, 0.4) is 0 Å². The maximum absolute atomic E-state index is 10.8. The van der Waals surface area contributed by atoms with Gasteiger partial charge in [-0.1, -0.05) is 55.6 Å². The number of hydrogen-bond donors (Lipinski definition) is 0. The second kappa shape index (κ2) is 6.56. The van der Waals surface area contributed by atoms with E-state index in [1.54, 1.807) is 12.1 Å². The molecule has 0 radical (unpaired) electrons. The van der Waals surface area contributed by atoms with E-state index < -0.39 is 4.92 Å².